The van der Waals surface area contributed by atoms with Crippen molar-refractivity contribution in [2.75, 3.05) is 26.4 Å². The first kappa shape index (κ1) is 51.7. The molecule has 0 bridgehead atoms. The molecule has 0 spiro atoms. The van der Waals surface area contributed by atoms with Gasteiger partial charge in [0.1, 0.15) is 12.1 Å². The molecule has 0 aliphatic carbocycles. The highest BCUT2D eigenvalue weighted by Gasteiger charge is 2.27. The van der Waals surface area contributed by atoms with Crippen molar-refractivity contribution in [1.29, 1.82) is 0 Å². The number of hydrogen-bond donors (Lipinski definition) is 3. The quantitative estimate of drug-likeness (QED) is 0.0237. The Morgan fingerprint density at radius 3 is 1.61 bits per heavy atom. The topological polar surface area (TPSA) is 155 Å². The summed E-state index contributed by atoms with van der Waals surface area (Å²) in [5, 5.41) is 8.87. The summed E-state index contributed by atoms with van der Waals surface area (Å²) < 4.78 is 33.2. The van der Waals surface area contributed by atoms with E-state index in [0.717, 1.165) is 77.0 Å². The van der Waals surface area contributed by atoms with E-state index in [0.29, 0.717) is 13.0 Å². The molecule has 0 fully saturated rings. The molecule has 54 heavy (non-hydrogen) atoms. The van der Waals surface area contributed by atoms with Crippen LogP contribution in [0.25, 0.3) is 0 Å². The Labute approximate surface area is 328 Å². The molecule has 0 amide bonds. The number of nitrogens with two attached hydrogens (primary N) is 1. The van der Waals surface area contributed by atoms with Gasteiger partial charge >= 0.3 is 19.8 Å². The number of carbonyl (C=O) groups excluding carboxylic acids is 1. The Morgan fingerprint density at radius 2 is 1.07 bits per heavy atom. The van der Waals surface area contributed by atoms with E-state index in [1.165, 1.54) is 57.8 Å². The summed E-state index contributed by atoms with van der Waals surface area (Å²) in [6.07, 6.45) is 45.6. The lowest BCUT2D eigenvalue weighted by Crippen LogP contribution is -2.34. The highest BCUT2D eigenvalue weighted by molar-refractivity contribution is 7.47. The molecular formula is C43H76NO9P. The van der Waals surface area contributed by atoms with E-state index in [2.05, 4.69) is 74.6 Å². The molecule has 0 aliphatic heterocycles. The first-order valence-corrected chi connectivity index (χ1v) is 22.3. The van der Waals surface area contributed by atoms with E-state index < -0.39 is 45.1 Å². The molecule has 0 aromatic heterocycles. The number of unbranched alkanes of at least 4 members (excludes halogenated alkanes) is 15. The number of carbonyl (C=O) groups is 2. The van der Waals surface area contributed by atoms with Crippen LogP contribution in [0, 0.1) is 0 Å². The van der Waals surface area contributed by atoms with Gasteiger partial charge < -0.3 is 25.2 Å². The minimum Gasteiger partial charge on any atom is -0.480 e. The van der Waals surface area contributed by atoms with Gasteiger partial charge in [-0.05, 0) is 57.8 Å². The summed E-state index contributed by atoms with van der Waals surface area (Å²) in [4.78, 5) is 33.4. The molecule has 4 N–H and O–H groups in total. The highest BCUT2D eigenvalue weighted by atomic mass is 31.2. The van der Waals surface area contributed by atoms with Crippen molar-refractivity contribution in [1.82, 2.24) is 0 Å². The number of carboxylic acids is 1. The third kappa shape index (κ3) is 38.0. The predicted molar refractivity (Wildman–Crippen MR) is 221 cm³/mol. The van der Waals surface area contributed by atoms with Crippen LogP contribution in [0.1, 0.15) is 162 Å². The second-order valence-corrected chi connectivity index (χ2v) is 15.2. The fraction of sp³-hybridized carbons (Fsp3) is 0.721. The largest absolute Gasteiger partial charge is 0.480 e. The van der Waals surface area contributed by atoms with E-state index in [-0.39, 0.29) is 13.0 Å². The van der Waals surface area contributed by atoms with E-state index in [1.807, 2.05) is 0 Å². The number of phosphoric ester groups is 1. The summed E-state index contributed by atoms with van der Waals surface area (Å²) >= 11 is 0. The SMILES string of the molecule is CC/C=C\C/C=C\C/C=C\C/C=C\C/C=C\CCCCCCCCCC(=O)OC(COCCCCCCCCCCC)COP(=O)(O)OCC(N)C(=O)O. The molecule has 0 heterocycles. The van der Waals surface area contributed by atoms with Gasteiger partial charge in [-0.25, -0.2) is 4.57 Å². The number of aliphatic carboxylic acids is 1. The van der Waals surface area contributed by atoms with Crippen molar-refractivity contribution in [3.05, 3.63) is 60.8 Å². The highest BCUT2D eigenvalue weighted by Crippen LogP contribution is 2.43. The summed E-state index contributed by atoms with van der Waals surface area (Å²) in [7, 11) is -4.61. The van der Waals surface area contributed by atoms with Gasteiger partial charge in [0.2, 0.25) is 0 Å². The minimum absolute atomic E-state index is 0.0109. The molecular weight excluding hydrogens is 705 g/mol. The summed E-state index contributed by atoms with van der Waals surface area (Å²) in [5.74, 6) is -1.79. The molecule has 3 atom stereocenters. The maximum absolute atomic E-state index is 12.6. The normalized spacial score (nSPS) is 14.6. The zero-order valence-electron chi connectivity index (χ0n) is 33.8. The van der Waals surface area contributed by atoms with Gasteiger partial charge in [-0.15, -0.1) is 0 Å². The fourth-order valence-corrected chi connectivity index (χ4v) is 6.11. The number of hydrogen-bond acceptors (Lipinski definition) is 8. The molecule has 0 aromatic rings. The standard InChI is InChI=1S/C43H76NO9P/c1-3-5-7-9-11-13-14-15-16-17-18-19-20-21-22-23-24-25-26-27-29-31-33-35-42(45)53-40(38-51-54(48,49)52-39-41(44)43(46)47)37-50-36-34-32-30-28-12-10-8-6-4-2/h5,7,11,13,15-16,18-19,21-22,40-41H,3-4,6,8-10,12,14,17,20,23-39,44H2,1-2H3,(H,46,47)(H,48,49)/b7-5-,13-11-,16-15-,19-18-,22-21-. The molecule has 312 valence electrons. The monoisotopic (exact) mass is 782 g/mol. The number of esters is 1. The van der Waals surface area contributed by atoms with Crippen LogP contribution in [0.5, 0.6) is 0 Å². The molecule has 10 nitrogen and oxygen atoms in total. The molecule has 0 aromatic carbocycles. The van der Waals surface area contributed by atoms with Gasteiger partial charge in [0.05, 0.1) is 19.8 Å². The second-order valence-electron chi connectivity index (χ2n) is 13.7. The summed E-state index contributed by atoms with van der Waals surface area (Å²) in [5.41, 5.74) is 5.34. The van der Waals surface area contributed by atoms with Crippen LogP contribution < -0.4 is 5.73 Å². The average Bonchev–Trinajstić information content (AvgIpc) is 3.15. The van der Waals surface area contributed by atoms with Gasteiger partial charge in [0, 0.05) is 13.0 Å². The van der Waals surface area contributed by atoms with Crippen LogP contribution in [-0.2, 0) is 32.7 Å². The number of allylic oxidation sites excluding steroid dienone is 10. The van der Waals surface area contributed by atoms with E-state index >= 15 is 0 Å². The number of rotatable bonds is 39. The van der Waals surface area contributed by atoms with Crippen molar-refractivity contribution in [3.8, 4) is 0 Å². The van der Waals surface area contributed by atoms with E-state index in [4.69, 9.17) is 29.4 Å². The fourth-order valence-electron chi connectivity index (χ4n) is 5.33. The maximum Gasteiger partial charge on any atom is 0.472 e. The molecule has 11 heteroatoms. The van der Waals surface area contributed by atoms with Crippen LogP contribution in [0.4, 0.5) is 0 Å². The number of phosphoric acid groups is 1. The zero-order chi connectivity index (χ0) is 39.8. The van der Waals surface area contributed by atoms with Crippen LogP contribution >= 0.6 is 7.82 Å². The Hall–Kier alpha value is -2.33. The minimum atomic E-state index is -4.61. The van der Waals surface area contributed by atoms with Gasteiger partial charge in [-0.3, -0.25) is 18.6 Å². The molecule has 0 rings (SSSR count). The smallest absolute Gasteiger partial charge is 0.472 e. The van der Waals surface area contributed by atoms with Crippen LogP contribution in [0.15, 0.2) is 60.8 Å². The molecule has 0 saturated heterocycles. The van der Waals surface area contributed by atoms with Crippen LogP contribution in [0.2, 0.25) is 0 Å². The van der Waals surface area contributed by atoms with Crippen LogP contribution in [-0.4, -0.2) is 60.5 Å². The van der Waals surface area contributed by atoms with E-state index in [9.17, 15) is 19.0 Å². The van der Waals surface area contributed by atoms with Crippen LogP contribution in [0.3, 0.4) is 0 Å². The second kappa shape index (κ2) is 38.9. The zero-order valence-corrected chi connectivity index (χ0v) is 34.7. The molecule has 0 aliphatic rings. The van der Waals surface area contributed by atoms with Crippen molar-refractivity contribution in [2.45, 2.75) is 174 Å². The Balaban J connectivity index is 4.19. The average molecular weight is 782 g/mol. The molecule has 0 saturated carbocycles. The van der Waals surface area contributed by atoms with Gasteiger partial charge in [-0.1, -0.05) is 158 Å². The number of ether oxygens (including phenoxy) is 2. The lowest BCUT2D eigenvalue weighted by Gasteiger charge is -2.20. The summed E-state index contributed by atoms with van der Waals surface area (Å²) in [6.45, 7) is 3.72. The Bertz CT molecular complexity index is 1090. The molecule has 0 radical (unpaired) electrons. The lowest BCUT2D eigenvalue weighted by molar-refractivity contribution is -0.154. The Morgan fingerprint density at radius 1 is 0.611 bits per heavy atom. The van der Waals surface area contributed by atoms with Crippen molar-refractivity contribution < 1.29 is 42.7 Å². The van der Waals surface area contributed by atoms with Crippen molar-refractivity contribution in [2.24, 2.45) is 5.73 Å². The van der Waals surface area contributed by atoms with E-state index in [1.54, 1.807) is 0 Å². The number of carboxylic acid groups (broad SMARTS) is 1. The summed E-state index contributed by atoms with van der Waals surface area (Å²) in [6, 6.07) is -1.48. The van der Waals surface area contributed by atoms with Gasteiger partial charge in [0.25, 0.3) is 0 Å². The third-order valence-corrected chi connectivity index (χ3v) is 9.51. The van der Waals surface area contributed by atoms with Crippen molar-refractivity contribution in [3.63, 3.8) is 0 Å². The predicted octanol–water partition coefficient (Wildman–Crippen LogP) is 11.3. The van der Waals surface area contributed by atoms with Crippen molar-refractivity contribution >= 4 is 19.8 Å². The maximum atomic E-state index is 12.6. The molecule has 3 unspecified atom stereocenters. The van der Waals surface area contributed by atoms with Gasteiger partial charge in [0.15, 0.2) is 0 Å². The lowest BCUT2D eigenvalue weighted by atomic mass is 10.1. The Kier molecular flexibility index (Phi) is 37.2. The first-order valence-electron chi connectivity index (χ1n) is 20.8. The third-order valence-electron chi connectivity index (χ3n) is 8.56. The van der Waals surface area contributed by atoms with Gasteiger partial charge in [-0.2, -0.15) is 0 Å². The first-order chi connectivity index (χ1) is 26.2.